The van der Waals surface area contributed by atoms with Crippen molar-refractivity contribution in [2.45, 2.75) is 78.9 Å². The predicted molar refractivity (Wildman–Crippen MR) is 126 cm³/mol. The highest BCUT2D eigenvalue weighted by atomic mass is 16.6. The van der Waals surface area contributed by atoms with Crippen LogP contribution in [0, 0.1) is 11.8 Å². The van der Waals surface area contributed by atoms with E-state index in [0.717, 1.165) is 19.3 Å². The fourth-order valence-electron chi connectivity index (χ4n) is 3.77. The van der Waals surface area contributed by atoms with Gasteiger partial charge in [-0.25, -0.2) is 0 Å². The molecule has 32 heavy (non-hydrogen) atoms. The van der Waals surface area contributed by atoms with Crippen molar-refractivity contribution in [2.24, 2.45) is 11.8 Å². The van der Waals surface area contributed by atoms with Gasteiger partial charge in [0.1, 0.15) is 0 Å². The monoisotopic (exact) mass is 448 g/mol. The van der Waals surface area contributed by atoms with Gasteiger partial charge >= 0.3 is 5.97 Å². The molecule has 6 nitrogen and oxygen atoms in total. The molecule has 1 aliphatic rings. The molecule has 0 spiro atoms. The van der Waals surface area contributed by atoms with E-state index in [4.69, 9.17) is 14.2 Å². The summed E-state index contributed by atoms with van der Waals surface area (Å²) in [7, 11) is 2.88. The summed E-state index contributed by atoms with van der Waals surface area (Å²) in [5.41, 5.74) is 1.67. The summed E-state index contributed by atoms with van der Waals surface area (Å²) in [4.78, 5) is 24.5. The summed E-state index contributed by atoms with van der Waals surface area (Å²) in [6.45, 7) is 10.9. The Hall–Kier alpha value is -2.34. The number of ketones is 1. The van der Waals surface area contributed by atoms with Gasteiger partial charge in [-0.3, -0.25) is 9.59 Å². The van der Waals surface area contributed by atoms with Gasteiger partial charge in [-0.05, 0) is 53.4 Å². The second-order valence-electron chi connectivity index (χ2n) is 9.08. The van der Waals surface area contributed by atoms with Crippen LogP contribution in [0.3, 0.4) is 0 Å². The zero-order chi connectivity index (χ0) is 24.5. The van der Waals surface area contributed by atoms with Gasteiger partial charge in [0, 0.05) is 18.8 Å². The average Bonchev–Trinajstić information content (AvgIpc) is 2.68. The van der Waals surface area contributed by atoms with Crippen LogP contribution in [0.1, 0.15) is 67.2 Å². The van der Waals surface area contributed by atoms with Crippen LogP contribution in [-0.4, -0.2) is 42.8 Å². The first-order chi connectivity index (χ1) is 14.9. The van der Waals surface area contributed by atoms with Gasteiger partial charge < -0.3 is 19.3 Å². The Bertz CT molecular complexity index is 779. The lowest BCUT2D eigenvalue weighted by atomic mass is 9.77. The molecule has 3 atom stereocenters. The van der Waals surface area contributed by atoms with Crippen LogP contribution in [0.15, 0.2) is 47.0 Å². The molecule has 0 aromatic heterocycles. The number of aliphatic hydroxyl groups is 1. The molecule has 0 saturated heterocycles. The molecule has 0 unspecified atom stereocenters. The van der Waals surface area contributed by atoms with Crippen LogP contribution in [-0.2, 0) is 23.8 Å². The first-order valence-corrected chi connectivity index (χ1v) is 11.2. The van der Waals surface area contributed by atoms with Gasteiger partial charge in [0.05, 0.1) is 19.8 Å². The summed E-state index contributed by atoms with van der Waals surface area (Å²) in [5.74, 6) is -0.739. The van der Waals surface area contributed by atoms with Crippen molar-refractivity contribution >= 4 is 11.8 Å². The highest BCUT2D eigenvalue weighted by molar-refractivity contribution is 5.97. The third-order valence-corrected chi connectivity index (χ3v) is 5.60. The molecular formula is C26H40O6. The first-order valence-electron chi connectivity index (χ1n) is 11.2. The van der Waals surface area contributed by atoms with Gasteiger partial charge in [-0.1, -0.05) is 42.4 Å². The molecule has 0 saturated carbocycles. The number of Topliss-reactive ketones (excluding diaryl/α,β-unsaturated/α-hetero) is 1. The molecule has 0 amide bonds. The summed E-state index contributed by atoms with van der Waals surface area (Å²) < 4.78 is 16.2. The molecule has 0 bridgehead atoms. The zero-order valence-electron chi connectivity index (χ0n) is 20.9. The lowest BCUT2D eigenvalue weighted by Crippen LogP contribution is -2.42. The van der Waals surface area contributed by atoms with Crippen molar-refractivity contribution in [1.82, 2.24) is 0 Å². The van der Waals surface area contributed by atoms with E-state index < -0.39 is 17.7 Å². The smallest absolute Gasteiger partial charge is 0.303 e. The molecular weight excluding hydrogens is 408 g/mol. The van der Waals surface area contributed by atoms with Gasteiger partial charge in [0.15, 0.2) is 11.9 Å². The van der Waals surface area contributed by atoms with Crippen molar-refractivity contribution in [3.63, 3.8) is 0 Å². The topological polar surface area (TPSA) is 82.1 Å². The average molecular weight is 449 g/mol. The summed E-state index contributed by atoms with van der Waals surface area (Å²) in [5, 5.41) is 9.73. The van der Waals surface area contributed by atoms with Crippen LogP contribution in [0.25, 0.3) is 0 Å². The Balaban J connectivity index is 2.84. The Morgan fingerprint density at radius 1 is 1.09 bits per heavy atom. The Kier molecular flexibility index (Phi) is 10.9. The molecule has 0 heterocycles. The first kappa shape index (κ1) is 27.7. The Morgan fingerprint density at radius 3 is 2.28 bits per heavy atom. The number of allylic oxidation sites excluding steroid dienone is 6. The molecule has 1 aliphatic carbocycles. The standard InChI is InChI=1S/C26H40O6/c1-17(13-10-16-26(5,6)29)11-9-12-18(2)14-15-21-19(3)22(28)24(30-7)25(31-8)23(21)32-20(4)27/h10-11,14,16,19,21,23,29H,9,12-13,15H2,1-8H3/b16-10+,17-11+,18-14+/t19-,21-,23-/m1/s1. The highest BCUT2D eigenvalue weighted by Gasteiger charge is 2.44. The molecule has 0 fully saturated rings. The van der Waals surface area contributed by atoms with Gasteiger partial charge in [-0.2, -0.15) is 0 Å². The van der Waals surface area contributed by atoms with Crippen LogP contribution in [0.4, 0.5) is 0 Å². The van der Waals surface area contributed by atoms with Crippen molar-refractivity contribution in [2.75, 3.05) is 14.2 Å². The largest absolute Gasteiger partial charge is 0.493 e. The van der Waals surface area contributed by atoms with Gasteiger partial charge in [0.2, 0.25) is 11.5 Å². The van der Waals surface area contributed by atoms with Crippen LogP contribution in [0.5, 0.6) is 0 Å². The maximum absolute atomic E-state index is 12.8. The van der Waals surface area contributed by atoms with Crippen LogP contribution in [0.2, 0.25) is 0 Å². The summed E-state index contributed by atoms with van der Waals surface area (Å²) >= 11 is 0. The Labute approximate surface area is 193 Å². The van der Waals surface area contributed by atoms with Crippen LogP contribution < -0.4 is 0 Å². The van der Waals surface area contributed by atoms with E-state index in [1.54, 1.807) is 19.9 Å². The second kappa shape index (κ2) is 12.6. The van der Waals surface area contributed by atoms with Crippen molar-refractivity contribution < 1.29 is 28.9 Å². The molecule has 0 aliphatic heterocycles. The number of methoxy groups -OCH3 is 2. The van der Waals surface area contributed by atoms with Crippen molar-refractivity contribution in [1.29, 1.82) is 0 Å². The molecule has 0 aromatic rings. The molecule has 1 rings (SSSR count). The van der Waals surface area contributed by atoms with Crippen molar-refractivity contribution in [3.8, 4) is 0 Å². The van der Waals surface area contributed by atoms with E-state index >= 15 is 0 Å². The van der Waals surface area contributed by atoms with Crippen LogP contribution >= 0.6 is 0 Å². The number of ether oxygens (including phenoxy) is 3. The number of hydrogen-bond acceptors (Lipinski definition) is 6. The van der Waals surface area contributed by atoms with E-state index in [1.165, 1.54) is 32.3 Å². The van der Waals surface area contributed by atoms with E-state index in [1.807, 2.05) is 13.0 Å². The summed E-state index contributed by atoms with van der Waals surface area (Å²) in [6.07, 6.45) is 10.7. The summed E-state index contributed by atoms with van der Waals surface area (Å²) in [6, 6.07) is 0. The molecule has 0 radical (unpaired) electrons. The lowest BCUT2D eigenvalue weighted by Gasteiger charge is -2.35. The fourth-order valence-corrected chi connectivity index (χ4v) is 3.77. The second-order valence-corrected chi connectivity index (χ2v) is 9.08. The van der Waals surface area contributed by atoms with E-state index in [-0.39, 0.29) is 29.1 Å². The van der Waals surface area contributed by atoms with E-state index in [9.17, 15) is 14.7 Å². The third-order valence-electron chi connectivity index (χ3n) is 5.60. The number of carbonyl (C=O) groups is 2. The third kappa shape index (κ3) is 8.65. The van der Waals surface area contributed by atoms with Gasteiger partial charge in [0.25, 0.3) is 0 Å². The molecule has 1 N–H and O–H groups in total. The number of esters is 1. The lowest BCUT2D eigenvalue weighted by molar-refractivity contribution is -0.153. The predicted octanol–water partition coefficient (Wildman–Crippen LogP) is 5.04. The maximum atomic E-state index is 12.8. The minimum atomic E-state index is -0.789. The normalized spacial score (nSPS) is 23.0. The number of carbonyl (C=O) groups excluding carboxylic acids is 2. The Morgan fingerprint density at radius 2 is 1.75 bits per heavy atom. The maximum Gasteiger partial charge on any atom is 0.303 e. The fraction of sp³-hybridized carbons (Fsp3) is 0.615. The molecule has 180 valence electrons. The SMILES string of the molecule is COC1=C(OC)[C@H](OC(C)=O)[C@H](C/C=C(\C)CC/C=C(\C)C/C=C/C(C)(C)O)[C@@H](C)C1=O. The van der Waals surface area contributed by atoms with Crippen molar-refractivity contribution in [3.05, 3.63) is 47.0 Å². The minimum absolute atomic E-state index is 0.127. The van der Waals surface area contributed by atoms with Gasteiger partial charge in [-0.15, -0.1) is 0 Å². The quantitative estimate of drug-likeness (QED) is 0.352. The van der Waals surface area contributed by atoms with E-state index in [2.05, 4.69) is 26.0 Å². The number of rotatable bonds is 11. The minimum Gasteiger partial charge on any atom is -0.493 e. The highest BCUT2D eigenvalue weighted by Crippen LogP contribution is 2.37. The number of hydrogen-bond donors (Lipinski definition) is 1. The molecule has 0 aromatic carbocycles. The van der Waals surface area contributed by atoms with E-state index in [0.29, 0.717) is 6.42 Å². The zero-order valence-corrected chi connectivity index (χ0v) is 20.9. The molecule has 6 heteroatoms.